The van der Waals surface area contributed by atoms with Crippen molar-refractivity contribution in [3.05, 3.63) is 84.0 Å². The Morgan fingerprint density at radius 3 is 2.29 bits per heavy atom. The van der Waals surface area contributed by atoms with Crippen LogP contribution in [0.4, 0.5) is 4.79 Å². The first-order valence-corrected chi connectivity index (χ1v) is 24.0. The van der Waals surface area contributed by atoms with Crippen LogP contribution in [0.1, 0.15) is 154 Å². The van der Waals surface area contributed by atoms with Crippen molar-refractivity contribution in [1.82, 2.24) is 10.2 Å². The number of likely N-dealkylation sites (N-methyl/N-ethyl adjacent to an activating group) is 1. The van der Waals surface area contributed by atoms with Gasteiger partial charge in [0.25, 0.3) is 0 Å². The van der Waals surface area contributed by atoms with Gasteiger partial charge in [0, 0.05) is 51.1 Å². The molecule has 2 aromatic rings. The summed E-state index contributed by atoms with van der Waals surface area (Å²) < 4.78 is 20.3. The number of amides is 2. The van der Waals surface area contributed by atoms with Crippen LogP contribution in [-0.2, 0) is 20.9 Å². The number of allylic oxidation sites excluding steroid dienone is 1. The lowest BCUT2D eigenvalue weighted by Crippen LogP contribution is -2.69. The van der Waals surface area contributed by atoms with E-state index in [2.05, 4.69) is 24.9 Å². The molecule has 63 heavy (non-hydrogen) atoms. The number of oxime groups is 1. The Hall–Kier alpha value is -4.19. The largest absolute Gasteiger partial charge is 0.459 e. The second-order valence-corrected chi connectivity index (χ2v) is 18.8. The van der Waals surface area contributed by atoms with Crippen LogP contribution in [-0.4, -0.2) is 77.1 Å². The maximum absolute atomic E-state index is 14.4. The van der Waals surface area contributed by atoms with E-state index in [0.717, 1.165) is 67.4 Å². The van der Waals surface area contributed by atoms with E-state index in [4.69, 9.17) is 24.2 Å². The number of fused-ring (bicyclic) bond motifs is 2. The fourth-order valence-electron chi connectivity index (χ4n) is 9.83. The number of carbonyl (C=O) groups excluding carboxylic acids is 2. The third kappa shape index (κ3) is 13.7. The number of nitrogens with zero attached hydrogens (tertiary/aromatic N) is 2. The number of aliphatic hydroxyl groups is 2. The molecule has 1 saturated carbocycles. The van der Waals surface area contributed by atoms with Gasteiger partial charge in [0.05, 0.1) is 18.2 Å². The quantitative estimate of drug-likeness (QED) is 0.0482. The first-order valence-electron chi connectivity index (χ1n) is 24.0. The highest BCUT2D eigenvalue weighted by Crippen LogP contribution is 2.62. The lowest BCUT2D eigenvalue weighted by atomic mass is 9.55. The Kier molecular flexibility index (Phi) is 19.6. The molecule has 1 aliphatic heterocycles. The molecule has 1 fully saturated rings. The van der Waals surface area contributed by atoms with Gasteiger partial charge in [-0.1, -0.05) is 119 Å². The van der Waals surface area contributed by atoms with Crippen molar-refractivity contribution in [1.29, 1.82) is 0 Å². The van der Waals surface area contributed by atoms with E-state index in [0.29, 0.717) is 43.7 Å². The third-order valence-corrected chi connectivity index (χ3v) is 12.9. The molecule has 6 unspecified atom stereocenters. The molecular formula is C52H77N3O8. The van der Waals surface area contributed by atoms with Gasteiger partial charge in [0.2, 0.25) is 11.7 Å². The third-order valence-electron chi connectivity index (χ3n) is 12.9. The molecule has 0 radical (unpaired) electrons. The van der Waals surface area contributed by atoms with E-state index in [1.165, 1.54) is 38.5 Å². The maximum Gasteiger partial charge on any atom is 0.412 e. The highest BCUT2D eigenvalue weighted by atomic mass is 16.7. The maximum atomic E-state index is 14.4. The van der Waals surface area contributed by atoms with Crippen molar-refractivity contribution < 1.29 is 38.9 Å². The summed E-state index contributed by atoms with van der Waals surface area (Å²) in [6, 6.07) is 14.7. The molecule has 0 saturated heterocycles. The second-order valence-electron chi connectivity index (χ2n) is 18.8. The monoisotopic (exact) mass is 872 g/mol. The number of unbranched alkanes of at least 4 members (excludes halogenated alkanes) is 10. The zero-order valence-electron chi connectivity index (χ0n) is 39.0. The second kappa shape index (κ2) is 24.8. The molecule has 11 nitrogen and oxygen atoms in total. The van der Waals surface area contributed by atoms with Crippen LogP contribution in [0.2, 0.25) is 0 Å². The number of nitrogens with one attached hydrogen (secondary N) is 1. The van der Waals surface area contributed by atoms with Crippen molar-refractivity contribution in [2.24, 2.45) is 22.9 Å². The summed E-state index contributed by atoms with van der Waals surface area (Å²) in [5, 5.41) is 27.6. The molecule has 1 heterocycles. The van der Waals surface area contributed by atoms with Crippen LogP contribution in [0.25, 0.3) is 0 Å². The van der Waals surface area contributed by atoms with E-state index < -0.39 is 29.4 Å². The van der Waals surface area contributed by atoms with Gasteiger partial charge in [-0.05, 0) is 94.0 Å². The van der Waals surface area contributed by atoms with E-state index in [1.807, 2.05) is 75.2 Å². The van der Waals surface area contributed by atoms with Gasteiger partial charge >= 0.3 is 6.09 Å². The Bertz CT molecular complexity index is 1810. The first kappa shape index (κ1) is 49.8. The van der Waals surface area contributed by atoms with Crippen LogP contribution >= 0.6 is 0 Å². The summed E-state index contributed by atoms with van der Waals surface area (Å²) in [6.07, 6.45) is 19.3. The average molecular weight is 872 g/mol. The standard InChI is InChI=1S/C52H77N3O8/c1-7-9-10-11-12-13-14-15-19-28-47(58)55(6)46-36-44(54-63-51(3,4)5)42-34-39(26-20-22-31-56)41(27-21-23-32-57)48-43-35-40(61-50(59)53-37-38-24-17-16-18-25-38)29-30-45(43)62-52(46,49(42)48)60-33-8-2/h8,16-18,24-25,29-30,34-35,39,41,46,48-49,56-57H,2,7,9-15,19-23,26-28,31-33,36-37H2,1,3-6H3,(H,53,59). The normalized spacial score (nSPS) is 23.2. The van der Waals surface area contributed by atoms with E-state index >= 15 is 0 Å². The van der Waals surface area contributed by atoms with E-state index in [1.54, 1.807) is 12.1 Å². The molecule has 2 aliphatic carbocycles. The number of hydrogen-bond donors (Lipinski definition) is 3. The van der Waals surface area contributed by atoms with Crippen LogP contribution in [0.5, 0.6) is 11.5 Å². The Morgan fingerprint density at radius 2 is 1.62 bits per heavy atom. The fraction of sp³-hybridized carbons (Fsp3) is 0.635. The van der Waals surface area contributed by atoms with Crippen LogP contribution < -0.4 is 14.8 Å². The summed E-state index contributed by atoms with van der Waals surface area (Å²) >= 11 is 0. The van der Waals surface area contributed by atoms with Gasteiger partial charge in [0.15, 0.2) is 0 Å². The number of benzene rings is 2. The van der Waals surface area contributed by atoms with Crippen molar-refractivity contribution in [2.75, 3.05) is 26.9 Å². The number of hydrogen-bond acceptors (Lipinski definition) is 9. The van der Waals surface area contributed by atoms with Crippen molar-refractivity contribution in [3.8, 4) is 11.5 Å². The van der Waals surface area contributed by atoms with Gasteiger partial charge in [0.1, 0.15) is 23.1 Å². The predicted octanol–water partition coefficient (Wildman–Crippen LogP) is 10.8. The minimum Gasteiger partial charge on any atom is -0.459 e. The molecule has 348 valence electrons. The topological polar surface area (TPSA) is 139 Å². The number of rotatable bonds is 26. The van der Waals surface area contributed by atoms with Crippen LogP contribution in [0, 0.1) is 17.8 Å². The molecule has 0 aromatic heterocycles. The van der Waals surface area contributed by atoms with E-state index in [-0.39, 0.29) is 43.5 Å². The Balaban J connectivity index is 1.58. The highest BCUT2D eigenvalue weighted by Gasteiger charge is 2.65. The summed E-state index contributed by atoms with van der Waals surface area (Å²) in [6.45, 7) is 12.9. The van der Waals surface area contributed by atoms with Gasteiger partial charge < -0.3 is 39.5 Å². The highest BCUT2D eigenvalue weighted by molar-refractivity contribution is 6.03. The zero-order chi connectivity index (χ0) is 45.2. The van der Waals surface area contributed by atoms with Gasteiger partial charge in [-0.15, -0.1) is 6.58 Å². The zero-order valence-corrected chi connectivity index (χ0v) is 39.0. The molecule has 3 aliphatic rings. The molecule has 3 N–H and O–H groups in total. The van der Waals surface area contributed by atoms with Crippen LogP contribution in [0.3, 0.4) is 0 Å². The fourth-order valence-corrected chi connectivity index (χ4v) is 9.83. The average Bonchev–Trinajstić information content (AvgIpc) is 3.27. The molecule has 5 rings (SSSR count). The molecular weight excluding hydrogens is 795 g/mol. The smallest absolute Gasteiger partial charge is 0.412 e. The molecule has 0 bridgehead atoms. The Morgan fingerprint density at radius 1 is 0.937 bits per heavy atom. The van der Waals surface area contributed by atoms with E-state index in [9.17, 15) is 19.8 Å². The summed E-state index contributed by atoms with van der Waals surface area (Å²) in [5.41, 5.74) is 3.00. The lowest BCUT2D eigenvalue weighted by molar-refractivity contribution is -0.255. The number of aliphatic hydroxyl groups excluding tert-OH is 2. The first-order chi connectivity index (χ1) is 30.5. The molecule has 2 amide bonds. The number of ether oxygens (including phenoxy) is 3. The summed E-state index contributed by atoms with van der Waals surface area (Å²) in [4.78, 5) is 35.7. The van der Waals surface area contributed by atoms with Crippen LogP contribution in [0.15, 0.2) is 78.0 Å². The van der Waals surface area contributed by atoms with Gasteiger partial charge in [-0.25, -0.2) is 4.79 Å². The molecule has 0 spiro atoms. The summed E-state index contributed by atoms with van der Waals surface area (Å²) in [7, 11) is 1.87. The van der Waals surface area contributed by atoms with Gasteiger partial charge in [-0.2, -0.15) is 0 Å². The molecule has 2 aromatic carbocycles. The number of carbonyl (C=O) groups is 2. The summed E-state index contributed by atoms with van der Waals surface area (Å²) in [5.74, 6) is -0.850. The molecule has 11 heteroatoms. The van der Waals surface area contributed by atoms with Crippen molar-refractivity contribution >= 4 is 17.7 Å². The molecule has 6 atom stereocenters. The predicted molar refractivity (Wildman–Crippen MR) is 250 cm³/mol. The van der Waals surface area contributed by atoms with Gasteiger partial charge in [-0.3, -0.25) is 4.79 Å². The van der Waals surface area contributed by atoms with Crippen molar-refractivity contribution in [3.63, 3.8) is 0 Å². The Labute approximate surface area is 377 Å². The minimum atomic E-state index is -1.33. The van der Waals surface area contributed by atoms with Crippen molar-refractivity contribution in [2.45, 2.75) is 167 Å². The lowest BCUT2D eigenvalue weighted by Gasteiger charge is -2.59. The minimum absolute atomic E-state index is 0.0291. The SMILES string of the molecule is C=CCOC12Oc3ccc(OC(=O)NCc4ccccc4)cc3C3C(CCCCO)C(CCCCO)C=C(C(=NOC(C)(C)C)CC1N(C)C(=O)CCCCCCCCCCC)C32.